The van der Waals surface area contributed by atoms with Crippen LogP contribution >= 0.6 is 0 Å². The highest BCUT2D eigenvalue weighted by Gasteiger charge is 2.17. The fourth-order valence-corrected chi connectivity index (χ4v) is 2.90. The summed E-state index contributed by atoms with van der Waals surface area (Å²) in [6.07, 6.45) is 4.01. The van der Waals surface area contributed by atoms with E-state index in [9.17, 15) is 8.78 Å². The Bertz CT molecular complexity index is 987. The maximum Gasteiger partial charge on any atom is 0.286 e. The number of hydrogen-bond acceptors (Lipinski definition) is 0. The molecule has 0 radical (unpaired) electrons. The summed E-state index contributed by atoms with van der Waals surface area (Å²) in [4.78, 5) is 0. The van der Waals surface area contributed by atoms with Crippen molar-refractivity contribution in [2.75, 3.05) is 0 Å². The van der Waals surface area contributed by atoms with E-state index < -0.39 is 0 Å². The number of pyridine rings is 1. The highest BCUT2D eigenvalue weighted by Crippen LogP contribution is 2.20. The largest absolute Gasteiger partial charge is 0.286 e. The van der Waals surface area contributed by atoms with E-state index in [4.69, 9.17) is 0 Å². The molecule has 24 heavy (non-hydrogen) atoms. The zero-order valence-electron chi connectivity index (χ0n) is 12.9. The molecule has 0 aliphatic carbocycles. The van der Waals surface area contributed by atoms with E-state index in [2.05, 4.69) is 8.97 Å². The predicted molar refractivity (Wildman–Crippen MR) is 88.5 cm³/mol. The van der Waals surface area contributed by atoms with E-state index in [1.807, 2.05) is 30.6 Å². The van der Waals surface area contributed by atoms with Crippen molar-refractivity contribution >= 4 is 5.65 Å². The highest BCUT2D eigenvalue weighted by molar-refractivity contribution is 5.61. The van der Waals surface area contributed by atoms with Gasteiger partial charge in [0, 0.05) is 11.6 Å². The van der Waals surface area contributed by atoms with Gasteiger partial charge < -0.3 is 0 Å². The molecule has 4 aromatic rings. The van der Waals surface area contributed by atoms with Crippen LogP contribution in [0.3, 0.4) is 0 Å². The van der Waals surface area contributed by atoms with Gasteiger partial charge in [0.05, 0.1) is 6.20 Å². The quantitative estimate of drug-likeness (QED) is 0.499. The Morgan fingerprint density at radius 3 is 2.17 bits per heavy atom. The second kappa shape index (κ2) is 5.89. The molecule has 0 saturated carbocycles. The fraction of sp³-hybridized carbons (Fsp3) is 0.0500. The van der Waals surface area contributed by atoms with Crippen LogP contribution in [0.15, 0.2) is 79.1 Å². The number of nitrogens with zero attached hydrogens (tertiary/aromatic N) is 2. The summed E-state index contributed by atoms with van der Waals surface area (Å²) in [5.74, 6) is -0.490. The number of hydrogen-bond donors (Lipinski definition) is 0. The SMILES string of the molecule is Fc1ccc(C[n+]2cc(-c3ccc(F)cc3)n3ccccc32)cc1. The number of aromatic nitrogens is 2. The fourth-order valence-electron chi connectivity index (χ4n) is 2.90. The number of fused-ring (bicyclic) bond motifs is 1. The Balaban J connectivity index is 1.81. The molecule has 0 saturated heterocycles. The van der Waals surface area contributed by atoms with Gasteiger partial charge in [-0.2, -0.15) is 4.40 Å². The molecule has 2 aromatic carbocycles. The molecule has 0 spiro atoms. The zero-order chi connectivity index (χ0) is 16.5. The summed E-state index contributed by atoms with van der Waals surface area (Å²) in [5, 5.41) is 0. The van der Waals surface area contributed by atoms with E-state index in [0.29, 0.717) is 6.54 Å². The minimum absolute atomic E-state index is 0.238. The van der Waals surface area contributed by atoms with E-state index in [1.165, 1.54) is 24.3 Å². The first-order valence-electron chi connectivity index (χ1n) is 7.71. The second-order valence-electron chi connectivity index (χ2n) is 5.70. The Morgan fingerprint density at radius 2 is 1.46 bits per heavy atom. The minimum atomic E-state index is -0.251. The zero-order valence-corrected chi connectivity index (χ0v) is 12.9. The number of rotatable bonds is 3. The van der Waals surface area contributed by atoms with Crippen LogP contribution in [0.1, 0.15) is 5.56 Å². The summed E-state index contributed by atoms with van der Waals surface area (Å²) in [6, 6.07) is 18.9. The monoisotopic (exact) mass is 321 g/mol. The molecule has 0 N–H and O–H groups in total. The average molecular weight is 321 g/mol. The van der Waals surface area contributed by atoms with Crippen molar-refractivity contribution in [3.63, 3.8) is 0 Å². The first kappa shape index (κ1) is 14.6. The summed E-state index contributed by atoms with van der Waals surface area (Å²) in [6.45, 7) is 0.634. The average Bonchev–Trinajstić information content (AvgIpc) is 2.97. The standard InChI is InChI=1S/C20H15F2N2/c21-17-8-4-15(5-9-17)13-23-14-19(16-6-10-18(22)11-7-16)24-12-2-1-3-20(23)24/h1-12,14H,13H2/q+1. The van der Waals surface area contributed by atoms with Gasteiger partial charge in [-0.1, -0.05) is 18.2 Å². The topological polar surface area (TPSA) is 8.29 Å². The van der Waals surface area contributed by atoms with Gasteiger partial charge in [0.1, 0.15) is 24.4 Å². The second-order valence-corrected chi connectivity index (χ2v) is 5.70. The lowest BCUT2D eigenvalue weighted by Gasteiger charge is -1.98. The first-order chi connectivity index (χ1) is 11.7. The van der Waals surface area contributed by atoms with E-state index in [1.54, 1.807) is 24.3 Å². The molecule has 4 heteroatoms. The summed E-state index contributed by atoms with van der Waals surface area (Å²) >= 11 is 0. The number of halogens is 2. The molecule has 2 nitrogen and oxygen atoms in total. The third-order valence-electron chi connectivity index (χ3n) is 4.08. The molecule has 0 unspecified atom stereocenters. The van der Waals surface area contributed by atoms with Gasteiger partial charge in [-0.15, -0.1) is 0 Å². The molecule has 0 amide bonds. The van der Waals surface area contributed by atoms with Gasteiger partial charge >= 0.3 is 0 Å². The van der Waals surface area contributed by atoms with Crippen molar-refractivity contribution in [3.05, 3.63) is 96.3 Å². The number of benzene rings is 2. The van der Waals surface area contributed by atoms with E-state index in [-0.39, 0.29) is 11.6 Å². The van der Waals surface area contributed by atoms with Crippen LogP contribution < -0.4 is 4.57 Å². The Kier molecular flexibility index (Phi) is 3.58. The molecule has 0 aliphatic heterocycles. The lowest BCUT2D eigenvalue weighted by Crippen LogP contribution is -2.32. The van der Waals surface area contributed by atoms with E-state index in [0.717, 1.165) is 22.5 Å². The summed E-state index contributed by atoms with van der Waals surface area (Å²) < 4.78 is 30.5. The molecular formula is C20H15F2N2+. The molecule has 0 aliphatic rings. The normalized spacial score (nSPS) is 11.1. The van der Waals surface area contributed by atoms with Crippen molar-refractivity contribution in [1.82, 2.24) is 4.40 Å². The van der Waals surface area contributed by atoms with Crippen molar-refractivity contribution in [2.45, 2.75) is 6.54 Å². The summed E-state index contributed by atoms with van der Waals surface area (Å²) in [5.41, 5.74) is 3.95. The Hall–Kier alpha value is -3.01. The molecule has 2 aromatic heterocycles. The van der Waals surface area contributed by atoms with Crippen LogP contribution in [0.2, 0.25) is 0 Å². The lowest BCUT2D eigenvalue weighted by atomic mass is 10.1. The third kappa shape index (κ3) is 2.67. The van der Waals surface area contributed by atoms with Crippen LogP contribution in [0, 0.1) is 11.6 Å². The molecule has 2 heterocycles. The van der Waals surface area contributed by atoms with Crippen LogP contribution in [-0.4, -0.2) is 4.40 Å². The van der Waals surface area contributed by atoms with Gasteiger partial charge in [0.25, 0.3) is 5.65 Å². The molecule has 0 fully saturated rings. The maximum absolute atomic E-state index is 13.2. The molecule has 0 atom stereocenters. The molecule has 0 bridgehead atoms. The third-order valence-corrected chi connectivity index (χ3v) is 4.08. The lowest BCUT2D eigenvalue weighted by molar-refractivity contribution is -0.661. The Morgan fingerprint density at radius 1 is 0.792 bits per heavy atom. The van der Waals surface area contributed by atoms with Crippen LogP contribution in [-0.2, 0) is 6.54 Å². The predicted octanol–water partition coefficient (Wildman–Crippen LogP) is 4.22. The number of imidazole rings is 1. The van der Waals surface area contributed by atoms with Gasteiger partial charge in [-0.25, -0.2) is 13.3 Å². The van der Waals surface area contributed by atoms with Gasteiger partial charge in [0.15, 0.2) is 5.69 Å². The van der Waals surface area contributed by atoms with Gasteiger partial charge in [-0.05, 0) is 48.0 Å². The van der Waals surface area contributed by atoms with Gasteiger partial charge in [-0.3, -0.25) is 0 Å². The highest BCUT2D eigenvalue weighted by atomic mass is 19.1. The molecular weight excluding hydrogens is 306 g/mol. The maximum atomic E-state index is 13.2. The van der Waals surface area contributed by atoms with Crippen LogP contribution in [0.4, 0.5) is 8.78 Å². The van der Waals surface area contributed by atoms with E-state index >= 15 is 0 Å². The van der Waals surface area contributed by atoms with Gasteiger partial charge in [0.2, 0.25) is 0 Å². The molecule has 4 rings (SSSR count). The van der Waals surface area contributed by atoms with Crippen LogP contribution in [0.5, 0.6) is 0 Å². The van der Waals surface area contributed by atoms with Crippen molar-refractivity contribution in [3.8, 4) is 11.3 Å². The summed E-state index contributed by atoms with van der Waals surface area (Å²) in [7, 11) is 0. The van der Waals surface area contributed by atoms with Crippen molar-refractivity contribution < 1.29 is 13.3 Å². The smallest absolute Gasteiger partial charge is 0.225 e. The first-order valence-corrected chi connectivity index (χ1v) is 7.71. The van der Waals surface area contributed by atoms with Crippen LogP contribution in [0.25, 0.3) is 16.9 Å². The molecule has 118 valence electrons. The van der Waals surface area contributed by atoms with Crippen molar-refractivity contribution in [2.24, 2.45) is 0 Å². The minimum Gasteiger partial charge on any atom is -0.225 e. The Labute approximate surface area is 138 Å². The van der Waals surface area contributed by atoms with Crippen molar-refractivity contribution in [1.29, 1.82) is 0 Å².